The minimum Gasteiger partial charge on any atom is -0.486 e. The maximum atomic E-state index is 13.0. The molecule has 1 aliphatic carbocycles. The Labute approximate surface area is 86.2 Å². The van der Waals surface area contributed by atoms with Crippen LogP contribution in [0.4, 0.5) is 14.5 Å². The summed E-state index contributed by atoms with van der Waals surface area (Å²) >= 11 is 0. The Morgan fingerprint density at radius 1 is 1.20 bits per heavy atom. The zero-order chi connectivity index (χ0) is 10.4. The molecule has 80 valence electrons. The van der Waals surface area contributed by atoms with Crippen LogP contribution >= 0.6 is 0 Å². The first-order valence-electron chi connectivity index (χ1n) is 5.13. The molecule has 2 nitrogen and oxygen atoms in total. The predicted molar refractivity (Wildman–Crippen MR) is 52.0 cm³/mol. The van der Waals surface area contributed by atoms with Crippen LogP contribution in [0.1, 0.15) is 12.8 Å². The van der Waals surface area contributed by atoms with Gasteiger partial charge in [0.25, 0.3) is 0 Å². The second-order valence-corrected chi connectivity index (χ2v) is 4.14. The zero-order valence-electron chi connectivity index (χ0n) is 8.09. The fraction of sp³-hybridized carbons (Fsp3) is 0.455. The molecule has 0 spiro atoms. The lowest BCUT2D eigenvalue weighted by Gasteiger charge is -2.27. The number of fused-ring (bicyclic) bond motifs is 1. The highest BCUT2D eigenvalue weighted by Gasteiger charge is 2.35. The van der Waals surface area contributed by atoms with Crippen molar-refractivity contribution in [2.75, 3.05) is 11.9 Å². The van der Waals surface area contributed by atoms with Gasteiger partial charge < -0.3 is 10.1 Å². The van der Waals surface area contributed by atoms with Gasteiger partial charge in [-0.05, 0) is 18.8 Å². The molecule has 1 fully saturated rings. The van der Waals surface area contributed by atoms with Crippen LogP contribution in [-0.4, -0.2) is 12.6 Å². The van der Waals surface area contributed by atoms with Gasteiger partial charge in [0.15, 0.2) is 11.6 Å². The Morgan fingerprint density at radius 3 is 2.67 bits per heavy atom. The van der Waals surface area contributed by atoms with Crippen LogP contribution in [-0.2, 0) is 0 Å². The summed E-state index contributed by atoms with van der Waals surface area (Å²) in [6.07, 6.45) is 2.46. The van der Waals surface area contributed by atoms with Crippen molar-refractivity contribution in [3.63, 3.8) is 0 Å². The third-order valence-electron chi connectivity index (χ3n) is 2.94. The maximum Gasteiger partial charge on any atom is 0.162 e. The first-order chi connectivity index (χ1) is 7.24. The average Bonchev–Trinajstić information content (AvgIpc) is 3.02. The van der Waals surface area contributed by atoms with Crippen molar-refractivity contribution in [3.8, 4) is 5.75 Å². The van der Waals surface area contributed by atoms with Crippen molar-refractivity contribution in [1.82, 2.24) is 0 Å². The molecule has 0 saturated heterocycles. The molecular formula is C11H11F2NO. The van der Waals surface area contributed by atoms with Gasteiger partial charge in [0.2, 0.25) is 0 Å². The van der Waals surface area contributed by atoms with E-state index < -0.39 is 11.6 Å². The van der Waals surface area contributed by atoms with E-state index in [0.29, 0.717) is 23.9 Å². The van der Waals surface area contributed by atoms with E-state index in [1.165, 1.54) is 12.8 Å². The molecule has 1 saturated carbocycles. The van der Waals surface area contributed by atoms with Gasteiger partial charge in [-0.3, -0.25) is 0 Å². The van der Waals surface area contributed by atoms with E-state index in [-0.39, 0.29) is 6.10 Å². The van der Waals surface area contributed by atoms with Crippen LogP contribution in [0.2, 0.25) is 0 Å². The molecule has 0 radical (unpaired) electrons. The molecule has 15 heavy (non-hydrogen) atoms. The third kappa shape index (κ3) is 1.54. The Bertz CT molecular complexity index is 404. The van der Waals surface area contributed by atoms with Crippen LogP contribution in [0.3, 0.4) is 0 Å². The van der Waals surface area contributed by atoms with Crippen LogP contribution < -0.4 is 10.1 Å². The van der Waals surface area contributed by atoms with Gasteiger partial charge >= 0.3 is 0 Å². The Hall–Kier alpha value is -1.32. The maximum absolute atomic E-state index is 13.0. The van der Waals surface area contributed by atoms with Gasteiger partial charge in [-0.15, -0.1) is 0 Å². The van der Waals surface area contributed by atoms with Crippen LogP contribution in [0.25, 0.3) is 0 Å². The highest BCUT2D eigenvalue weighted by molar-refractivity contribution is 5.58. The van der Waals surface area contributed by atoms with E-state index in [9.17, 15) is 8.78 Å². The quantitative estimate of drug-likeness (QED) is 0.770. The Kier molecular flexibility index (Phi) is 1.84. The fourth-order valence-electron chi connectivity index (χ4n) is 1.91. The van der Waals surface area contributed by atoms with Gasteiger partial charge in [0.1, 0.15) is 11.9 Å². The summed E-state index contributed by atoms with van der Waals surface area (Å²) in [6, 6.07) is 2.26. The SMILES string of the molecule is Fc1cc2c(cc1F)OC(C1CC1)CN2. The van der Waals surface area contributed by atoms with Crippen molar-refractivity contribution in [3.05, 3.63) is 23.8 Å². The van der Waals surface area contributed by atoms with Gasteiger partial charge in [0.05, 0.1) is 12.2 Å². The monoisotopic (exact) mass is 211 g/mol. The van der Waals surface area contributed by atoms with Crippen molar-refractivity contribution < 1.29 is 13.5 Å². The molecule has 1 aromatic carbocycles. The molecule has 1 N–H and O–H groups in total. The van der Waals surface area contributed by atoms with E-state index in [4.69, 9.17) is 4.74 Å². The van der Waals surface area contributed by atoms with E-state index in [0.717, 1.165) is 12.1 Å². The minimum atomic E-state index is -0.855. The van der Waals surface area contributed by atoms with Crippen molar-refractivity contribution in [1.29, 1.82) is 0 Å². The highest BCUT2D eigenvalue weighted by Crippen LogP contribution is 2.39. The van der Waals surface area contributed by atoms with Gasteiger partial charge in [-0.25, -0.2) is 8.78 Å². The minimum absolute atomic E-state index is 0.113. The summed E-state index contributed by atoms with van der Waals surface area (Å²) in [5.41, 5.74) is 0.547. The van der Waals surface area contributed by atoms with Gasteiger partial charge in [-0.2, -0.15) is 0 Å². The largest absolute Gasteiger partial charge is 0.486 e. The first-order valence-corrected chi connectivity index (χ1v) is 5.13. The third-order valence-corrected chi connectivity index (χ3v) is 2.94. The van der Waals surface area contributed by atoms with Gasteiger partial charge in [-0.1, -0.05) is 0 Å². The molecule has 1 aromatic rings. The molecule has 1 unspecified atom stereocenters. The number of benzene rings is 1. The summed E-state index contributed by atoms with van der Waals surface area (Å²) in [5, 5.41) is 3.07. The van der Waals surface area contributed by atoms with E-state index in [1.807, 2.05) is 0 Å². The number of halogens is 2. The average molecular weight is 211 g/mol. The lowest BCUT2D eigenvalue weighted by molar-refractivity contribution is 0.182. The van der Waals surface area contributed by atoms with Crippen LogP contribution in [0, 0.1) is 17.6 Å². The molecule has 4 heteroatoms. The molecule has 0 aromatic heterocycles. The summed E-state index contributed by atoms with van der Waals surface area (Å²) in [4.78, 5) is 0. The fourth-order valence-corrected chi connectivity index (χ4v) is 1.91. The van der Waals surface area contributed by atoms with Crippen molar-refractivity contribution >= 4 is 5.69 Å². The molecular weight excluding hydrogens is 200 g/mol. The van der Waals surface area contributed by atoms with Crippen molar-refractivity contribution in [2.45, 2.75) is 18.9 Å². The Balaban J connectivity index is 1.91. The number of nitrogens with one attached hydrogen (secondary N) is 1. The summed E-state index contributed by atoms with van der Waals surface area (Å²) in [5.74, 6) is -0.683. The molecule has 1 heterocycles. The van der Waals surface area contributed by atoms with Gasteiger partial charge in [0, 0.05) is 12.1 Å². The highest BCUT2D eigenvalue weighted by atomic mass is 19.2. The smallest absolute Gasteiger partial charge is 0.162 e. The van der Waals surface area contributed by atoms with Crippen molar-refractivity contribution in [2.24, 2.45) is 5.92 Å². The lowest BCUT2D eigenvalue weighted by atomic mass is 10.1. The topological polar surface area (TPSA) is 21.3 Å². The number of ether oxygens (including phenoxy) is 1. The normalized spacial score (nSPS) is 24.0. The second-order valence-electron chi connectivity index (χ2n) is 4.14. The summed E-state index contributed by atoms with van der Waals surface area (Å²) < 4.78 is 31.5. The zero-order valence-corrected chi connectivity index (χ0v) is 8.09. The number of anilines is 1. The molecule has 1 atom stereocenters. The second kappa shape index (κ2) is 3.08. The molecule has 2 aliphatic rings. The number of hydrogen-bond acceptors (Lipinski definition) is 2. The molecule has 3 rings (SSSR count). The predicted octanol–water partition coefficient (Wildman–Crippen LogP) is 2.55. The molecule has 0 amide bonds. The first kappa shape index (κ1) is 8.95. The van der Waals surface area contributed by atoms with E-state index >= 15 is 0 Å². The summed E-state index contributed by atoms with van der Waals surface area (Å²) in [6.45, 7) is 0.683. The standard InChI is InChI=1S/C11H11F2NO/c12-7-3-9-10(4-8(7)13)15-11(5-14-9)6-1-2-6/h3-4,6,11,14H,1-2,5H2. The number of hydrogen-bond donors (Lipinski definition) is 1. The Morgan fingerprint density at radius 2 is 1.93 bits per heavy atom. The summed E-state index contributed by atoms with van der Waals surface area (Å²) in [7, 11) is 0. The lowest BCUT2D eigenvalue weighted by Crippen LogP contribution is -2.32. The molecule has 0 bridgehead atoms. The molecule has 1 aliphatic heterocycles. The van der Waals surface area contributed by atoms with E-state index in [1.54, 1.807) is 0 Å². The van der Waals surface area contributed by atoms with Crippen LogP contribution in [0.5, 0.6) is 5.75 Å². The number of rotatable bonds is 1. The van der Waals surface area contributed by atoms with E-state index in [2.05, 4.69) is 5.32 Å². The van der Waals surface area contributed by atoms with Crippen LogP contribution in [0.15, 0.2) is 12.1 Å².